The van der Waals surface area contributed by atoms with E-state index in [0.29, 0.717) is 36.1 Å². The van der Waals surface area contributed by atoms with Crippen LogP contribution >= 0.6 is 0 Å². The number of nitrogens with zero attached hydrogens (tertiary/aromatic N) is 1. The Morgan fingerprint density at radius 1 is 0.980 bits per heavy atom. The average molecular weight is 728 g/mol. The molecule has 10 nitrogen and oxygen atoms in total. The quantitative estimate of drug-likeness (QED) is 0.247. The Morgan fingerprint density at radius 3 is 2.24 bits per heavy atom. The van der Waals surface area contributed by atoms with Crippen LogP contribution in [-0.2, 0) is 32.2 Å². The summed E-state index contributed by atoms with van der Waals surface area (Å²) in [5.41, 5.74) is 3.55. The third-order valence-corrected chi connectivity index (χ3v) is 10.6. The molecule has 4 N–H and O–H groups in total. The summed E-state index contributed by atoms with van der Waals surface area (Å²) in [6.07, 6.45) is 1.31. The van der Waals surface area contributed by atoms with E-state index in [2.05, 4.69) is 0 Å². The van der Waals surface area contributed by atoms with Crippen molar-refractivity contribution in [1.29, 1.82) is 0 Å². The second-order valence-corrected chi connectivity index (χ2v) is 13.6. The normalized spacial score (nSPS) is 17.3. The molecule has 3 aliphatic rings. The van der Waals surface area contributed by atoms with Crippen molar-refractivity contribution in [3.63, 3.8) is 0 Å². The van der Waals surface area contributed by atoms with E-state index in [9.17, 15) is 36.3 Å². The van der Waals surface area contributed by atoms with Crippen LogP contribution in [0.2, 0.25) is 0 Å². The first-order chi connectivity index (χ1) is 22.7. The molecule has 1 saturated carbocycles. The Hall–Kier alpha value is -2.92. The smallest absolute Gasteiger partial charge is 0.418 e. The number of nitrogens with two attached hydrogens (primary N) is 1. The van der Waals surface area contributed by atoms with Crippen LogP contribution in [0.15, 0.2) is 71.3 Å². The number of ether oxygens (including phenoxy) is 2. The van der Waals surface area contributed by atoms with Crippen molar-refractivity contribution < 1.29 is 50.9 Å². The minimum Gasteiger partial charge on any atom is -0.481 e. The second kappa shape index (κ2) is 15.5. The second-order valence-electron chi connectivity index (χ2n) is 11.9. The van der Waals surface area contributed by atoms with Crippen molar-refractivity contribution in [1.82, 2.24) is 0 Å². The number of fused-ring (bicyclic) bond motifs is 2. The molecule has 3 aromatic carbocycles. The molecule has 0 unspecified atom stereocenters. The van der Waals surface area contributed by atoms with Gasteiger partial charge in [0.15, 0.2) is 17.2 Å². The van der Waals surface area contributed by atoms with Crippen LogP contribution in [0, 0.1) is 5.41 Å². The van der Waals surface area contributed by atoms with E-state index in [1.165, 1.54) is 42.8 Å². The number of carboxylic acids is 2. The number of halogens is 3. The van der Waals surface area contributed by atoms with Crippen molar-refractivity contribution in [2.24, 2.45) is 11.1 Å². The van der Waals surface area contributed by atoms with Crippen molar-refractivity contribution in [2.75, 3.05) is 17.6 Å². The number of aryl methyl sites for hydroxylation is 1. The Bertz CT molecular complexity index is 1880. The zero-order valence-corrected chi connectivity index (χ0v) is 31.0. The maximum atomic E-state index is 13.9. The summed E-state index contributed by atoms with van der Waals surface area (Å²) in [6.45, 7) is 2.32. The van der Waals surface area contributed by atoms with Crippen LogP contribution in [0.25, 0.3) is 5.57 Å². The van der Waals surface area contributed by atoms with E-state index in [-0.39, 0.29) is 95.9 Å². The molecule has 0 bridgehead atoms. The number of carbonyl (C=O) groups is 2. The zero-order valence-electron chi connectivity index (χ0n) is 27.0. The van der Waals surface area contributed by atoms with Crippen LogP contribution < -0.4 is 19.5 Å². The molecule has 0 spiro atoms. The number of anilines is 1. The molecule has 0 amide bonds. The molecule has 0 aromatic heterocycles. The van der Waals surface area contributed by atoms with Gasteiger partial charge in [0.1, 0.15) is 0 Å². The molecule has 6 rings (SSSR count). The molecule has 49 heavy (non-hydrogen) atoms. The fourth-order valence-corrected chi connectivity index (χ4v) is 8.26. The molecule has 0 atom stereocenters. The molecule has 2 heterocycles. The summed E-state index contributed by atoms with van der Waals surface area (Å²) in [7, 11) is -4.74. The molecule has 1 fully saturated rings. The molecule has 2 aliphatic heterocycles. The van der Waals surface area contributed by atoms with Gasteiger partial charge in [-0.15, -0.1) is 0 Å². The van der Waals surface area contributed by atoms with Crippen LogP contribution in [0.3, 0.4) is 0 Å². The van der Waals surface area contributed by atoms with Gasteiger partial charge in [-0.2, -0.15) is 13.2 Å². The maximum absolute atomic E-state index is 13.9. The Balaban J connectivity index is 0.000000354. The Labute approximate surface area is 324 Å². The van der Waals surface area contributed by atoms with Crippen molar-refractivity contribution in [3.8, 4) is 11.5 Å². The molecular formula is C34H35F3KN2O8S. The number of aliphatic carboxylic acids is 2. The third-order valence-electron chi connectivity index (χ3n) is 8.84. The number of hydrogen-bond donors (Lipinski definition) is 3. The third kappa shape index (κ3) is 7.87. The van der Waals surface area contributed by atoms with Gasteiger partial charge >= 0.3 is 18.1 Å². The first-order valence-electron chi connectivity index (χ1n) is 15.4. The maximum Gasteiger partial charge on any atom is 0.418 e. The molecule has 0 saturated heterocycles. The number of hydrogen-bond acceptors (Lipinski definition) is 7. The minimum absolute atomic E-state index is 0. The summed E-state index contributed by atoms with van der Waals surface area (Å²) in [5.74, 6) is -1.61. The molecule has 1 aliphatic carbocycles. The van der Waals surface area contributed by atoms with E-state index in [1.807, 2.05) is 6.92 Å². The number of rotatable bonds is 7. The van der Waals surface area contributed by atoms with Gasteiger partial charge in [-0.25, -0.2) is 17.5 Å². The van der Waals surface area contributed by atoms with E-state index in [4.69, 9.17) is 20.3 Å². The van der Waals surface area contributed by atoms with E-state index in [0.717, 1.165) is 37.8 Å². The first-order valence-corrected chi connectivity index (χ1v) is 16.8. The van der Waals surface area contributed by atoms with E-state index < -0.39 is 45.1 Å². The first kappa shape index (κ1) is 38.9. The topological polar surface area (TPSA) is 156 Å². The molecule has 3 aromatic rings. The van der Waals surface area contributed by atoms with Gasteiger partial charge < -0.3 is 25.4 Å². The molecular weight excluding hydrogens is 693 g/mol. The van der Waals surface area contributed by atoms with E-state index >= 15 is 0 Å². The number of benzene rings is 3. The SMILES string of the molecule is CCc1cc(C2=C(C(=O)O)N(c3ccccc3C(F)(F)F)S(=O)(=O)c3ccccc32)cc2c1OCO2.NCC1(CC(=O)O)CCCCC1.[K]. The Morgan fingerprint density at radius 2 is 1.63 bits per heavy atom. The molecule has 15 heteroatoms. The molecule has 257 valence electrons. The standard InChI is InChI=1S/C25H18F3NO6S.C9H17NO2.K/c1-2-14-11-15(12-19-23(14)35-13-34-19)21-16-7-3-6-10-20(16)36(32,33)29(22(21)24(30)31)18-9-5-4-8-17(18)25(26,27)28;10-7-9(6-8(11)12)4-2-1-3-5-9;/h3-12H,2,13H2,1H3,(H,30,31);1-7,10H2,(H,11,12);. The number of para-hydroxylation sites is 1. The predicted molar refractivity (Wildman–Crippen MR) is 176 cm³/mol. The van der Waals surface area contributed by atoms with Gasteiger partial charge in [0.05, 0.1) is 22.6 Å². The Kier molecular flexibility index (Phi) is 12.3. The summed E-state index contributed by atoms with van der Waals surface area (Å²) >= 11 is 0. The largest absolute Gasteiger partial charge is 0.481 e. The summed E-state index contributed by atoms with van der Waals surface area (Å²) in [4.78, 5) is 22.9. The van der Waals surface area contributed by atoms with Crippen LogP contribution in [0.4, 0.5) is 18.9 Å². The molecule has 1 radical (unpaired) electrons. The van der Waals surface area contributed by atoms with Crippen molar-refractivity contribution in [3.05, 3.63) is 88.6 Å². The zero-order chi connectivity index (χ0) is 34.9. The summed E-state index contributed by atoms with van der Waals surface area (Å²) < 4.78 is 80.5. The fraction of sp³-hybridized carbons (Fsp3) is 0.353. The number of alkyl halides is 3. The van der Waals surface area contributed by atoms with Gasteiger partial charge in [0.25, 0.3) is 10.0 Å². The van der Waals surface area contributed by atoms with Crippen LogP contribution in [0.5, 0.6) is 11.5 Å². The monoisotopic (exact) mass is 727 g/mol. The van der Waals surface area contributed by atoms with Crippen LogP contribution in [0.1, 0.15) is 67.7 Å². The number of carboxylic acid groups (broad SMARTS) is 2. The van der Waals surface area contributed by atoms with Crippen molar-refractivity contribution in [2.45, 2.75) is 62.9 Å². The summed E-state index contributed by atoms with van der Waals surface area (Å²) in [5, 5.41) is 19.0. The van der Waals surface area contributed by atoms with Gasteiger partial charge in [-0.3, -0.25) is 4.79 Å². The predicted octanol–water partition coefficient (Wildman–Crippen LogP) is 6.04. The number of sulfonamides is 1. The van der Waals surface area contributed by atoms with Gasteiger partial charge in [0.2, 0.25) is 6.79 Å². The average Bonchev–Trinajstić information content (AvgIpc) is 3.53. The minimum atomic E-state index is -4.94. The summed E-state index contributed by atoms with van der Waals surface area (Å²) in [6, 6.07) is 12.7. The fourth-order valence-electron chi connectivity index (χ4n) is 6.54. The van der Waals surface area contributed by atoms with Gasteiger partial charge in [-0.1, -0.05) is 56.5 Å². The van der Waals surface area contributed by atoms with Gasteiger partial charge in [0, 0.05) is 62.5 Å². The van der Waals surface area contributed by atoms with Crippen LogP contribution in [-0.4, -0.2) is 95.3 Å². The van der Waals surface area contributed by atoms with E-state index in [1.54, 1.807) is 6.07 Å². The van der Waals surface area contributed by atoms with Crippen molar-refractivity contribution >= 4 is 84.6 Å². The van der Waals surface area contributed by atoms with Gasteiger partial charge in [-0.05, 0) is 72.7 Å².